The lowest BCUT2D eigenvalue weighted by atomic mass is 9.92. The molecule has 1 aromatic carbocycles. The van der Waals surface area contributed by atoms with Gasteiger partial charge in [-0.1, -0.05) is 31.9 Å². The van der Waals surface area contributed by atoms with E-state index in [0.717, 1.165) is 51.4 Å². The summed E-state index contributed by atoms with van der Waals surface area (Å²) in [5.74, 6) is 0.979. The zero-order chi connectivity index (χ0) is 15.0. The summed E-state index contributed by atoms with van der Waals surface area (Å²) >= 11 is 0. The van der Waals surface area contributed by atoms with Crippen LogP contribution < -0.4 is 10.1 Å². The van der Waals surface area contributed by atoms with Crippen molar-refractivity contribution in [3.8, 4) is 5.75 Å². The average molecular weight is 291 g/mol. The quantitative estimate of drug-likeness (QED) is 0.737. The highest BCUT2D eigenvalue weighted by Gasteiger charge is 2.26. The van der Waals surface area contributed by atoms with E-state index >= 15 is 0 Å². The molecular weight excluding hydrogens is 262 g/mol. The smallest absolute Gasteiger partial charge is 0.119 e. The van der Waals surface area contributed by atoms with Gasteiger partial charge in [-0.05, 0) is 43.9 Å². The zero-order valence-corrected chi connectivity index (χ0v) is 13.5. The van der Waals surface area contributed by atoms with E-state index in [2.05, 4.69) is 43.4 Å². The van der Waals surface area contributed by atoms with Crippen molar-refractivity contribution in [1.82, 2.24) is 5.32 Å². The minimum absolute atomic E-state index is 0.216. The van der Waals surface area contributed by atoms with Gasteiger partial charge in [0.2, 0.25) is 0 Å². The summed E-state index contributed by atoms with van der Waals surface area (Å²) < 4.78 is 11.2. The molecule has 3 heteroatoms. The molecule has 1 aliphatic rings. The van der Waals surface area contributed by atoms with Crippen LogP contribution in [0, 0.1) is 0 Å². The van der Waals surface area contributed by atoms with E-state index in [4.69, 9.17) is 9.47 Å². The van der Waals surface area contributed by atoms with E-state index < -0.39 is 0 Å². The molecule has 1 aliphatic heterocycles. The maximum atomic E-state index is 5.74. The SMILES string of the molecule is CCCCCOc1ccc(CNC2(C)CCOCC2)cc1. The number of benzene rings is 1. The molecule has 0 saturated carbocycles. The highest BCUT2D eigenvalue weighted by atomic mass is 16.5. The van der Waals surface area contributed by atoms with Crippen molar-refractivity contribution in [2.75, 3.05) is 19.8 Å². The second-order valence-corrected chi connectivity index (χ2v) is 6.23. The predicted molar refractivity (Wildman–Crippen MR) is 86.8 cm³/mol. The van der Waals surface area contributed by atoms with Gasteiger partial charge in [0, 0.05) is 25.3 Å². The van der Waals surface area contributed by atoms with Gasteiger partial charge < -0.3 is 14.8 Å². The second kappa shape index (κ2) is 8.40. The Labute approximate surface area is 129 Å². The van der Waals surface area contributed by atoms with E-state index in [1.807, 2.05) is 0 Å². The van der Waals surface area contributed by atoms with Crippen LogP contribution in [0.4, 0.5) is 0 Å². The third kappa shape index (κ3) is 5.68. The van der Waals surface area contributed by atoms with Crippen LogP contribution in [-0.4, -0.2) is 25.4 Å². The minimum Gasteiger partial charge on any atom is -0.494 e. The monoisotopic (exact) mass is 291 g/mol. The van der Waals surface area contributed by atoms with Gasteiger partial charge in [0.1, 0.15) is 5.75 Å². The zero-order valence-electron chi connectivity index (χ0n) is 13.5. The Morgan fingerprint density at radius 2 is 1.86 bits per heavy atom. The molecule has 1 N–H and O–H groups in total. The first-order chi connectivity index (χ1) is 10.2. The molecule has 0 unspecified atom stereocenters. The number of rotatable bonds is 8. The molecule has 0 spiro atoms. The summed E-state index contributed by atoms with van der Waals surface area (Å²) in [5, 5.41) is 3.67. The topological polar surface area (TPSA) is 30.5 Å². The van der Waals surface area contributed by atoms with Gasteiger partial charge in [-0.25, -0.2) is 0 Å². The van der Waals surface area contributed by atoms with E-state index in [-0.39, 0.29) is 5.54 Å². The largest absolute Gasteiger partial charge is 0.494 e. The Balaban J connectivity index is 1.74. The fourth-order valence-electron chi connectivity index (χ4n) is 2.56. The Bertz CT molecular complexity index is 396. The van der Waals surface area contributed by atoms with Crippen molar-refractivity contribution >= 4 is 0 Å². The molecule has 1 aromatic rings. The summed E-state index contributed by atoms with van der Waals surface area (Å²) in [5.41, 5.74) is 1.52. The molecule has 118 valence electrons. The fourth-order valence-corrected chi connectivity index (χ4v) is 2.56. The van der Waals surface area contributed by atoms with Crippen LogP contribution in [0.1, 0.15) is 51.5 Å². The molecule has 0 amide bonds. The molecule has 1 fully saturated rings. The Kier molecular flexibility index (Phi) is 6.52. The highest BCUT2D eigenvalue weighted by molar-refractivity contribution is 5.27. The van der Waals surface area contributed by atoms with Gasteiger partial charge in [0.25, 0.3) is 0 Å². The predicted octanol–water partition coefficient (Wildman–Crippen LogP) is 3.91. The van der Waals surface area contributed by atoms with Crippen molar-refractivity contribution < 1.29 is 9.47 Å². The van der Waals surface area contributed by atoms with E-state index in [1.165, 1.54) is 18.4 Å². The van der Waals surface area contributed by atoms with Gasteiger partial charge in [0.05, 0.1) is 6.61 Å². The molecule has 2 rings (SSSR count). The minimum atomic E-state index is 0.216. The molecule has 0 radical (unpaired) electrons. The number of nitrogens with one attached hydrogen (secondary N) is 1. The molecular formula is C18H29NO2. The average Bonchev–Trinajstić information content (AvgIpc) is 2.52. The molecule has 0 atom stereocenters. The summed E-state index contributed by atoms with van der Waals surface area (Å²) in [6.45, 7) is 7.97. The molecule has 3 nitrogen and oxygen atoms in total. The van der Waals surface area contributed by atoms with Crippen molar-refractivity contribution in [1.29, 1.82) is 0 Å². The summed E-state index contributed by atoms with van der Waals surface area (Å²) in [4.78, 5) is 0. The Hall–Kier alpha value is -1.06. The van der Waals surface area contributed by atoms with Crippen LogP contribution in [0.5, 0.6) is 5.75 Å². The normalized spacial score (nSPS) is 17.6. The van der Waals surface area contributed by atoms with E-state index in [0.29, 0.717) is 0 Å². The molecule has 21 heavy (non-hydrogen) atoms. The highest BCUT2D eigenvalue weighted by Crippen LogP contribution is 2.21. The van der Waals surface area contributed by atoms with Crippen molar-refractivity contribution in [3.05, 3.63) is 29.8 Å². The van der Waals surface area contributed by atoms with Crippen LogP contribution in [0.3, 0.4) is 0 Å². The lowest BCUT2D eigenvalue weighted by Crippen LogP contribution is -2.46. The van der Waals surface area contributed by atoms with Crippen LogP contribution in [0.25, 0.3) is 0 Å². The standard InChI is InChI=1S/C18H29NO2/c1-3-4-5-12-21-17-8-6-16(7-9-17)15-19-18(2)10-13-20-14-11-18/h6-9,19H,3-5,10-15H2,1-2H3. The third-order valence-corrected chi connectivity index (χ3v) is 4.26. The molecule has 0 bridgehead atoms. The Morgan fingerprint density at radius 3 is 2.52 bits per heavy atom. The van der Waals surface area contributed by atoms with E-state index in [1.54, 1.807) is 0 Å². The fraction of sp³-hybridized carbons (Fsp3) is 0.667. The Morgan fingerprint density at radius 1 is 1.14 bits per heavy atom. The number of hydrogen-bond donors (Lipinski definition) is 1. The first kappa shape index (κ1) is 16.3. The van der Waals surface area contributed by atoms with Crippen molar-refractivity contribution in [2.24, 2.45) is 0 Å². The van der Waals surface area contributed by atoms with Crippen molar-refractivity contribution in [2.45, 2.75) is 58.0 Å². The number of ether oxygens (including phenoxy) is 2. The van der Waals surface area contributed by atoms with Crippen molar-refractivity contribution in [3.63, 3.8) is 0 Å². The number of hydrogen-bond acceptors (Lipinski definition) is 3. The van der Waals surface area contributed by atoms with E-state index in [9.17, 15) is 0 Å². The van der Waals surface area contributed by atoms with Gasteiger partial charge >= 0.3 is 0 Å². The first-order valence-corrected chi connectivity index (χ1v) is 8.26. The molecule has 0 aromatic heterocycles. The maximum absolute atomic E-state index is 5.74. The summed E-state index contributed by atoms with van der Waals surface area (Å²) in [6, 6.07) is 8.47. The van der Waals surface area contributed by atoms with Crippen LogP contribution >= 0.6 is 0 Å². The van der Waals surface area contributed by atoms with Gasteiger partial charge in [-0.15, -0.1) is 0 Å². The molecule has 1 saturated heterocycles. The maximum Gasteiger partial charge on any atom is 0.119 e. The van der Waals surface area contributed by atoms with Gasteiger partial charge in [-0.2, -0.15) is 0 Å². The van der Waals surface area contributed by atoms with Crippen LogP contribution in [-0.2, 0) is 11.3 Å². The summed E-state index contributed by atoms with van der Waals surface area (Å²) in [6.07, 6.45) is 5.79. The second-order valence-electron chi connectivity index (χ2n) is 6.23. The van der Waals surface area contributed by atoms with Gasteiger partial charge in [0.15, 0.2) is 0 Å². The summed E-state index contributed by atoms with van der Waals surface area (Å²) in [7, 11) is 0. The number of unbranched alkanes of at least 4 members (excludes halogenated alkanes) is 2. The lowest BCUT2D eigenvalue weighted by molar-refractivity contribution is 0.0446. The van der Waals surface area contributed by atoms with Crippen LogP contribution in [0.15, 0.2) is 24.3 Å². The van der Waals surface area contributed by atoms with Gasteiger partial charge in [-0.3, -0.25) is 0 Å². The molecule has 1 heterocycles. The lowest BCUT2D eigenvalue weighted by Gasteiger charge is -2.34. The van der Waals surface area contributed by atoms with Crippen LogP contribution in [0.2, 0.25) is 0 Å². The molecule has 0 aliphatic carbocycles. The third-order valence-electron chi connectivity index (χ3n) is 4.26. The first-order valence-electron chi connectivity index (χ1n) is 8.26.